The topological polar surface area (TPSA) is 43.8 Å². The molecule has 28 heavy (non-hydrogen) atoms. The summed E-state index contributed by atoms with van der Waals surface area (Å²) >= 11 is 0. The summed E-state index contributed by atoms with van der Waals surface area (Å²) in [6.45, 7) is 5.81. The average Bonchev–Trinajstić information content (AvgIpc) is 3.14. The maximum absolute atomic E-state index is 13.1. The molecular formula is C24H30N2O2. The summed E-state index contributed by atoms with van der Waals surface area (Å²) in [7, 11) is 2.18. The molecular weight excluding hydrogens is 348 g/mol. The van der Waals surface area contributed by atoms with Gasteiger partial charge in [-0.05, 0) is 80.6 Å². The lowest BCUT2D eigenvalue weighted by Gasteiger charge is -2.37. The number of likely N-dealkylation sites (tertiary alicyclic amines) is 2. The summed E-state index contributed by atoms with van der Waals surface area (Å²) in [4.78, 5) is 17.6. The zero-order chi connectivity index (χ0) is 19.7. The predicted octanol–water partition coefficient (Wildman–Crippen LogP) is 3.96. The fourth-order valence-electron chi connectivity index (χ4n) is 4.58. The van der Waals surface area contributed by atoms with Crippen LogP contribution in [0.25, 0.3) is 11.1 Å². The van der Waals surface area contributed by atoms with Crippen molar-refractivity contribution in [2.24, 2.45) is 5.41 Å². The molecule has 1 amide bonds. The Morgan fingerprint density at radius 2 is 1.68 bits per heavy atom. The molecule has 2 saturated heterocycles. The van der Waals surface area contributed by atoms with Crippen LogP contribution < -0.4 is 0 Å². The average molecular weight is 379 g/mol. The molecule has 4 rings (SSSR count). The highest BCUT2D eigenvalue weighted by Gasteiger charge is 2.41. The minimum Gasteiger partial charge on any atom is -0.389 e. The molecule has 148 valence electrons. The molecule has 0 aromatic heterocycles. The largest absolute Gasteiger partial charge is 0.389 e. The van der Waals surface area contributed by atoms with Gasteiger partial charge < -0.3 is 14.9 Å². The van der Waals surface area contributed by atoms with Gasteiger partial charge in [-0.15, -0.1) is 0 Å². The smallest absolute Gasteiger partial charge is 0.253 e. The second-order valence-electron chi connectivity index (χ2n) is 8.66. The zero-order valence-electron chi connectivity index (χ0n) is 16.9. The quantitative estimate of drug-likeness (QED) is 0.879. The Kier molecular flexibility index (Phi) is 5.26. The van der Waals surface area contributed by atoms with Crippen LogP contribution >= 0.6 is 0 Å². The van der Waals surface area contributed by atoms with E-state index in [2.05, 4.69) is 16.8 Å². The van der Waals surface area contributed by atoms with Crippen LogP contribution in [-0.4, -0.2) is 54.0 Å². The molecule has 4 nitrogen and oxygen atoms in total. The van der Waals surface area contributed by atoms with Crippen molar-refractivity contribution < 1.29 is 9.90 Å². The minimum atomic E-state index is -0.468. The lowest BCUT2D eigenvalue weighted by atomic mass is 9.78. The van der Waals surface area contributed by atoms with E-state index >= 15 is 0 Å². The van der Waals surface area contributed by atoms with Crippen molar-refractivity contribution in [1.29, 1.82) is 0 Å². The molecule has 0 unspecified atom stereocenters. The normalized spacial score (nSPS) is 20.5. The molecule has 4 heteroatoms. The summed E-state index contributed by atoms with van der Waals surface area (Å²) in [6.07, 6.45) is 3.06. The molecule has 1 spiro atoms. The standard InChI is InChI=1S/C24H30N2O2/c1-18(27)19-6-8-20(9-7-19)21-4-3-5-22(16-21)23(28)26-15-12-24(17-26)10-13-25(2)14-11-24/h3-9,16,18,27H,10-15,17H2,1-2H3/t18-/m0/s1. The predicted molar refractivity (Wildman–Crippen MR) is 112 cm³/mol. The summed E-state index contributed by atoms with van der Waals surface area (Å²) in [6, 6.07) is 15.8. The van der Waals surface area contributed by atoms with Crippen molar-refractivity contribution in [3.8, 4) is 11.1 Å². The Morgan fingerprint density at radius 3 is 2.36 bits per heavy atom. The van der Waals surface area contributed by atoms with E-state index in [1.165, 1.54) is 12.8 Å². The van der Waals surface area contributed by atoms with Gasteiger partial charge in [0.25, 0.3) is 5.91 Å². The first kappa shape index (κ1) is 19.2. The molecule has 0 bridgehead atoms. The van der Waals surface area contributed by atoms with Crippen molar-refractivity contribution in [3.63, 3.8) is 0 Å². The van der Waals surface area contributed by atoms with E-state index in [1.54, 1.807) is 6.92 Å². The number of nitrogens with zero attached hydrogens (tertiary/aromatic N) is 2. The van der Waals surface area contributed by atoms with Gasteiger partial charge in [0.1, 0.15) is 0 Å². The number of aliphatic hydroxyl groups excluding tert-OH is 1. The number of carbonyl (C=O) groups is 1. The van der Waals surface area contributed by atoms with Crippen LogP contribution in [0.5, 0.6) is 0 Å². The number of hydrogen-bond donors (Lipinski definition) is 1. The van der Waals surface area contributed by atoms with Gasteiger partial charge in [0.2, 0.25) is 0 Å². The molecule has 0 aliphatic carbocycles. The maximum Gasteiger partial charge on any atom is 0.253 e. The van der Waals surface area contributed by atoms with Gasteiger partial charge in [-0.3, -0.25) is 4.79 Å². The first-order chi connectivity index (χ1) is 13.5. The van der Waals surface area contributed by atoms with Gasteiger partial charge in [-0.1, -0.05) is 36.4 Å². The Bertz CT molecular complexity index is 836. The van der Waals surface area contributed by atoms with Crippen LogP contribution in [0.15, 0.2) is 48.5 Å². The minimum absolute atomic E-state index is 0.151. The Hall–Kier alpha value is -2.17. The summed E-state index contributed by atoms with van der Waals surface area (Å²) in [5, 5.41) is 9.69. The highest BCUT2D eigenvalue weighted by Crippen LogP contribution is 2.40. The fraction of sp³-hybridized carbons (Fsp3) is 0.458. The van der Waals surface area contributed by atoms with Crippen LogP contribution in [0.3, 0.4) is 0 Å². The van der Waals surface area contributed by atoms with Crippen LogP contribution in [0, 0.1) is 5.41 Å². The highest BCUT2D eigenvalue weighted by atomic mass is 16.3. The van der Waals surface area contributed by atoms with E-state index in [-0.39, 0.29) is 5.91 Å². The molecule has 1 atom stereocenters. The van der Waals surface area contributed by atoms with Gasteiger partial charge in [-0.2, -0.15) is 0 Å². The first-order valence-electron chi connectivity index (χ1n) is 10.3. The van der Waals surface area contributed by atoms with Gasteiger partial charge in [0, 0.05) is 18.7 Å². The molecule has 2 fully saturated rings. The Morgan fingerprint density at radius 1 is 1.00 bits per heavy atom. The molecule has 2 aliphatic heterocycles. The van der Waals surface area contributed by atoms with Crippen molar-refractivity contribution in [2.45, 2.75) is 32.3 Å². The van der Waals surface area contributed by atoms with Crippen LogP contribution in [0.4, 0.5) is 0 Å². The van der Waals surface area contributed by atoms with Crippen LogP contribution in [0.2, 0.25) is 0 Å². The van der Waals surface area contributed by atoms with Crippen molar-refractivity contribution >= 4 is 5.91 Å². The number of rotatable bonds is 3. The van der Waals surface area contributed by atoms with Gasteiger partial charge in [0.15, 0.2) is 0 Å². The van der Waals surface area contributed by atoms with E-state index in [9.17, 15) is 9.90 Å². The Balaban J connectivity index is 1.49. The lowest BCUT2D eigenvalue weighted by Crippen LogP contribution is -2.40. The third kappa shape index (κ3) is 3.85. The second-order valence-corrected chi connectivity index (χ2v) is 8.66. The van der Waals surface area contributed by atoms with Crippen molar-refractivity contribution in [3.05, 3.63) is 59.7 Å². The number of carbonyl (C=O) groups excluding carboxylic acids is 1. The molecule has 2 aromatic rings. The van der Waals surface area contributed by atoms with E-state index < -0.39 is 6.10 Å². The summed E-state index contributed by atoms with van der Waals surface area (Å²) in [5.41, 5.74) is 4.10. The summed E-state index contributed by atoms with van der Waals surface area (Å²) in [5.74, 6) is 0.151. The fourth-order valence-corrected chi connectivity index (χ4v) is 4.58. The molecule has 2 heterocycles. The second kappa shape index (κ2) is 7.69. The number of benzene rings is 2. The number of amides is 1. The van der Waals surface area contributed by atoms with E-state index in [4.69, 9.17) is 0 Å². The molecule has 2 aromatic carbocycles. The number of hydrogen-bond acceptors (Lipinski definition) is 3. The molecule has 2 aliphatic rings. The third-order valence-electron chi connectivity index (χ3n) is 6.61. The maximum atomic E-state index is 13.1. The van der Waals surface area contributed by atoms with Gasteiger partial charge >= 0.3 is 0 Å². The van der Waals surface area contributed by atoms with Crippen molar-refractivity contribution in [2.75, 3.05) is 33.2 Å². The van der Waals surface area contributed by atoms with Gasteiger partial charge in [-0.25, -0.2) is 0 Å². The monoisotopic (exact) mass is 378 g/mol. The summed E-state index contributed by atoms with van der Waals surface area (Å²) < 4.78 is 0. The Labute approximate surface area is 167 Å². The van der Waals surface area contributed by atoms with Gasteiger partial charge in [0.05, 0.1) is 6.10 Å². The van der Waals surface area contributed by atoms with E-state index in [1.807, 2.05) is 48.5 Å². The highest BCUT2D eigenvalue weighted by molar-refractivity contribution is 5.95. The lowest BCUT2D eigenvalue weighted by molar-refractivity contribution is 0.0736. The van der Waals surface area contributed by atoms with Crippen LogP contribution in [0.1, 0.15) is 48.2 Å². The molecule has 1 N–H and O–H groups in total. The van der Waals surface area contributed by atoms with Crippen LogP contribution in [-0.2, 0) is 0 Å². The third-order valence-corrected chi connectivity index (χ3v) is 6.61. The zero-order valence-corrected chi connectivity index (χ0v) is 16.9. The van der Waals surface area contributed by atoms with E-state index in [0.717, 1.165) is 54.9 Å². The number of piperidine rings is 1. The van der Waals surface area contributed by atoms with Crippen molar-refractivity contribution in [1.82, 2.24) is 9.80 Å². The van der Waals surface area contributed by atoms with E-state index in [0.29, 0.717) is 5.41 Å². The first-order valence-corrected chi connectivity index (χ1v) is 10.3. The molecule has 0 saturated carbocycles. The molecule has 0 radical (unpaired) electrons. The number of aliphatic hydroxyl groups is 1. The SMILES string of the molecule is C[C@H](O)c1ccc(-c2cccc(C(=O)N3CCC4(CCN(C)CC4)C3)c2)cc1.